The first-order valence-electron chi connectivity index (χ1n) is 6.46. The van der Waals surface area contributed by atoms with Gasteiger partial charge in [-0.15, -0.1) is 0 Å². The molecule has 0 bridgehead atoms. The van der Waals surface area contributed by atoms with Crippen LogP contribution in [0.1, 0.15) is 6.92 Å². The average Bonchev–Trinajstić information content (AvgIpc) is 2.45. The Kier molecular flexibility index (Phi) is 4.81. The highest BCUT2D eigenvalue weighted by molar-refractivity contribution is 6.31. The van der Waals surface area contributed by atoms with Crippen molar-refractivity contribution in [1.29, 1.82) is 0 Å². The van der Waals surface area contributed by atoms with E-state index in [0.717, 1.165) is 16.7 Å². The number of nitrogens with one attached hydrogen (secondary N) is 2. The van der Waals surface area contributed by atoms with Crippen LogP contribution in [0.2, 0.25) is 5.02 Å². The number of hydrogen-bond donors (Lipinski definition) is 2. The average molecular weight is 330 g/mol. The van der Waals surface area contributed by atoms with Crippen LogP contribution in [0, 0.1) is 5.82 Å². The number of H-pyrrole nitrogens is 1. The minimum atomic E-state index is -0.731. The van der Waals surface area contributed by atoms with E-state index in [4.69, 9.17) is 11.6 Å². The molecule has 2 N–H and O–H groups in total. The predicted octanol–water partition coefficient (Wildman–Crippen LogP) is 1.23. The highest BCUT2D eigenvalue weighted by atomic mass is 35.5. The molecule has 0 aliphatic carbocycles. The summed E-state index contributed by atoms with van der Waals surface area (Å²) >= 11 is 5.64. The van der Waals surface area contributed by atoms with Crippen molar-refractivity contribution in [3.8, 4) is 0 Å². The Labute approximate surface area is 128 Å². The molecule has 0 aliphatic rings. The lowest BCUT2D eigenvalue weighted by Crippen LogP contribution is -2.39. The SMILES string of the molecule is CCOC(=O)NCCn1c(=O)[nH]c2cc(F)c(Cl)cc2c1=O. The molecule has 0 saturated heterocycles. The molecule has 22 heavy (non-hydrogen) atoms. The first kappa shape index (κ1) is 16.0. The van der Waals surface area contributed by atoms with Crippen molar-refractivity contribution in [2.24, 2.45) is 0 Å². The number of ether oxygens (including phenoxy) is 1. The zero-order chi connectivity index (χ0) is 16.3. The van der Waals surface area contributed by atoms with Crippen LogP contribution < -0.4 is 16.6 Å². The van der Waals surface area contributed by atoms with Gasteiger partial charge in [-0.25, -0.2) is 14.0 Å². The molecular formula is C13H13ClFN3O4. The largest absolute Gasteiger partial charge is 0.450 e. The molecule has 0 unspecified atom stereocenters. The molecule has 1 amide bonds. The van der Waals surface area contributed by atoms with E-state index in [9.17, 15) is 18.8 Å². The lowest BCUT2D eigenvalue weighted by Gasteiger charge is -2.08. The molecule has 1 aromatic carbocycles. The van der Waals surface area contributed by atoms with Gasteiger partial charge in [-0.3, -0.25) is 9.36 Å². The number of aromatic amines is 1. The Bertz CT molecular complexity index is 830. The molecule has 0 aliphatic heterocycles. The summed E-state index contributed by atoms with van der Waals surface area (Å²) in [4.78, 5) is 37.6. The van der Waals surface area contributed by atoms with Gasteiger partial charge in [-0.05, 0) is 19.1 Å². The summed E-state index contributed by atoms with van der Waals surface area (Å²) in [5, 5.41) is 2.27. The molecule has 7 nitrogen and oxygen atoms in total. The molecule has 1 heterocycles. The third-order valence-electron chi connectivity index (χ3n) is 2.90. The normalized spacial score (nSPS) is 10.7. The van der Waals surface area contributed by atoms with Crippen LogP contribution in [-0.4, -0.2) is 28.8 Å². The smallest absolute Gasteiger partial charge is 0.407 e. The van der Waals surface area contributed by atoms with Gasteiger partial charge in [0.05, 0.1) is 22.5 Å². The number of carbonyl (C=O) groups is 1. The summed E-state index contributed by atoms with van der Waals surface area (Å²) in [5.74, 6) is -0.731. The Morgan fingerprint density at radius 1 is 1.45 bits per heavy atom. The van der Waals surface area contributed by atoms with Gasteiger partial charge in [0.15, 0.2) is 0 Å². The summed E-state index contributed by atoms with van der Waals surface area (Å²) in [6, 6.07) is 2.14. The molecule has 0 radical (unpaired) electrons. The van der Waals surface area contributed by atoms with Crippen LogP contribution >= 0.6 is 11.6 Å². The van der Waals surface area contributed by atoms with Crippen molar-refractivity contribution in [1.82, 2.24) is 14.9 Å². The summed E-state index contributed by atoms with van der Waals surface area (Å²) in [6.07, 6.45) is -0.641. The summed E-state index contributed by atoms with van der Waals surface area (Å²) in [7, 11) is 0. The highest BCUT2D eigenvalue weighted by Gasteiger charge is 2.11. The van der Waals surface area contributed by atoms with Crippen LogP contribution in [0.25, 0.3) is 10.9 Å². The Hall–Kier alpha value is -2.35. The molecule has 118 valence electrons. The zero-order valence-electron chi connectivity index (χ0n) is 11.6. The molecule has 0 atom stereocenters. The molecule has 2 rings (SSSR count). The number of benzene rings is 1. The molecule has 1 aromatic heterocycles. The van der Waals surface area contributed by atoms with E-state index < -0.39 is 23.2 Å². The van der Waals surface area contributed by atoms with E-state index in [1.54, 1.807) is 6.92 Å². The van der Waals surface area contributed by atoms with E-state index in [0.29, 0.717) is 0 Å². The number of fused-ring (bicyclic) bond motifs is 1. The van der Waals surface area contributed by atoms with E-state index in [1.165, 1.54) is 0 Å². The number of rotatable bonds is 4. The third-order valence-corrected chi connectivity index (χ3v) is 3.19. The number of nitrogens with zero attached hydrogens (tertiary/aromatic N) is 1. The van der Waals surface area contributed by atoms with Gasteiger partial charge in [-0.2, -0.15) is 0 Å². The number of amides is 1. The van der Waals surface area contributed by atoms with Crippen molar-refractivity contribution in [2.75, 3.05) is 13.2 Å². The van der Waals surface area contributed by atoms with Crippen LogP contribution in [0.4, 0.5) is 9.18 Å². The number of hydrogen-bond acceptors (Lipinski definition) is 4. The first-order chi connectivity index (χ1) is 10.4. The highest BCUT2D eigenvalue weighted by Crippen LogP contribution is 2.18. The Balaban J connectivity index is 2.31. The topological polar surface area (TPSA) is 93.2 Å². The summed E-state index contributed by atoms with van der Waals surface area (Å²) in [5.41, 5.74) is -1.26. The Morgan fingerprint density at radius 3 is 2.86 bits per heavy atom. The Morgan fingerprint density at radius 2 is 2.18 bits per heavy atom. The van der Waals surface area contributed by atoms with Crippen molar-refractivity contribution in [2.45, 2.75) is 13.5 Å². The fraction of sp³-hybridized carbons (Fsp3) is 0.308. The molecule has 9 heteroatoms. The lowest BCUT2D eigenvalue weighted by molar-refractivity contribution is 0.152. The van der Waals surface area contributed by atoms with E-state index in [1.807, 2.05) is 0 Å². The van der Waals surface area contributed by atoms with Crippen molar-refractivity contribution in [3.63, 3.8) is 0 Å². The lowest BCUT2D eigenvalue weighted by atomic mass is 10.2. The van der Waals surface area contributed by atoms with E-state index in [2.05, 4.69) is 15.0 Å². The first-order valence-corrected chi connectivity index (χ1v) is 6.84. The van der Waals surface area contributed by atoms with Crippen molar-refractivity contribution >= 4 is 28.6 Å². The quantitative estimate of drug-likeness (QED) is 0.882. The number of halogens is 2. The summed E-state index contributed by atoms with van der Waals surface area (Å²) in [6.45, 7) is 1.84. The maximum atomic E-state index is 13.4. The van der Waals surface area contributed by atoms with Crippen LogP contribution in [-0.2, 0) is 11.3 Å². The number of carbonyl (C=O) groups excluding carboxylic acids is 1. The van der Waals surface area contributed by atoms with Crippen molar-refractivity contribution < 1.29 is 13.9 Å². The fourth-order valence-corrected chi connectivity index (χ4v) is 2.07. The van der Waals surface area contributed by atoms with Gasteiger partial charge in [-0.1, -0.05) is 11.6 Å². The van der Waals surface area contributed by atoms with Crippen LogP contribution in [0.5, 0.6) is 0 Å². The predicted molar refractivity (Wildman–Crippen MR) is 78.8 cm³/mol. The number of alkyl carbamates (subject to hydrolysis) is 1. The van der Waals surface area contributed by atoms with Gasteiger partial charge in [0.1, 0.15) is 5.82 Å². The second-order valence-electron chi connectivity index (χ2n) is 4.35. The molecule has 0 fully saturated rings. The van der Waals surface area contributed by atoms with Gasteiger partial charge < -0.3 is 15.0 Å². The monoisotopic (exact) mass is 329 g/mol. The maximum absolute atomic E-state index is 13.4. The minimum absolute atomic E-state index is 0.0300. The van der Waals surface area contributed by atoms with Crippen molar-refractivity contribution in [3.05, 3.63) is 43.8 Å². The maximum Gasteiger partial charge on any atom is 0.407 e. The summed E-state index contributed by atoms with van der Waals surface area (Å²) < 4.78 is 18.9. The third kappa shape index (κ3) is 3.28. The fourth-order valence-electron chi connectivity index (χ4n) is 1.90. The van der Waals surface area contributed by atoms with Gasteiger partial charge in [0, 0.05) is 13.1 Å². The van der Waals surface area contributed by atoms with E-state index >= 15 is 0 Å². The second-order valence-corrected chi connectivity index (χ2v) is 4.75. The van der Waals surface area contributed by atoms with E-state index in [-0.39, 0.29) is 35.6 Å². The molecule has 0 saturated carbocycles. The van der Waals surface area contributed by atoms with Crippen LogP contribution in [0.15, 0.2) is 21.7 Å². The zero-order valence-corrected chi connectivity index (χ0v) is 12.4. The standard InChI is InChI=1S/C13H13ClFN3O4/c1-2-22-13(21)16-3-4-18-11(19)7-5-8(14)9(15)6-10(7)17-12(18)20/h5-6H,2-4H2,1H3,(H,16,21)(H,17,20). The minimum Gasteiger partial charge on any atom is -0.450 e. The van der Waals surface area contributed by atoms with Gasteiger partial charge >= 0.3 is 11.8 Å². The second kappa shape index (κ2) is 6.61. The molecule has 2 aromatic rings. The van der Waals surface area contributed by atoms with Gasteiger partial charge in [0.2, 0.25) is 0 Å². The number of aromatic nitrogens is 2. The van der Waals surface area contributed by atoms with Crippen LogP contribution in [0.3, 0.4) is 0 Å². The van der Waals surface area contributed by atoms with Gasteiger partial charge in [0.25, 0.3) is 5.56 Å². The molecular weight excluding hydrogens is 317 g/mol. The molecule has 0 spiro atoms.